The zero-order chi connectivity index (χ0) is 9.97. The summed E-state index contributed by atoms with van der Waals surface area (Å²) >= 11 is 0. The van der Waals surface area contributed by atoms with Crippen molar-refractivity contribution in [1.29, 1.82) is 0 Å². The molecule has 1 saturated heterocycles. The monoisotopic (exact) mass is 192 g/mol. The lowest BCUT2D eigenvalue weighted by Crippen LogP contribution is -2.43. The molecule has 1 atom stereocenters. The topological polar surface area (TPSA) is 55.0 Å². The number of anilines is 1. The van der Waals surface area contributed by atoms with Crippen molar-refractivity contribution >= 4 is 5.82 Å². The van der Waals surface area contributed by atoms with Gasteiger partial charge in [0.25, 0.3) is 0 Å². The summed E-state index contributed by atoms with van der Waals surface area (Å²) in [6.07, 6.45) is 2.27. The van der Waals surface area contributed by atoms with Crippen LogP contribution >= 0.6 is 0 Å². The van der Waals surface area contributed by atoms with Gasteiger partial charge in [-0.3, -0.25) is 0 Å². The Morgan fingerprint density at radius 1 is 1.43 bits per heavy atom. The van der Waals surface area contributed by atoms with Crippen LogP contribution in [0.4, 0.5) is 5.82 Å². The van der Waals surface area contributed by atoms with Crippen LogP contribution in [-0.2, 0) is 0 Å². The highest BCUT2D eigenvalue weighted by atomic mass is 15.3. The number of rotatable bonds is 1. The van der Waals surface area contributed by atoms with Crippen LogP contribution in [0.5, 0.6) is 0 Å². The number of aromatic nitrogens is 2. The maximum absolute atomic E-state index is 5.90. The minimum absolute atomic E-state index is 0.284. The Morgan fingerprint density at radius 3 is 2.93 bits per heavy atom. The lowest BCUT2D eigenvalue weighted by atomic mass is 10.1. The van der Waals surface area contributed by atoms with Crippen LogP contribution in [0.1, 0.15) is 18.5 Å². The fourth-order valence-electron chi connectivity index (χ4n) is 1.78. The molecule has 1 fully saturated rings. The number of hydrogen-bond donors (Lipinski definition) is 1. The van der Waals surface area contributed by atoms with Crippen LogP contribution in [0.3, 0.4) is 0 Å². The smallest absolute Gasteiger partial charge is 0.151 e. The third kappa shape index (κ3) is 2.01. The van der Waals surface area contributed by atoms with Crippen LogP contribution in [0.2, 0.25) is 0 Å². The van der Waals surface area contributed by atoms with Crippen molar-refractivity contribution in [3.8, 4) is 0 Å². The molecule has 0 amide bonds. The van der Waals surface area contributed by atoms with Crippen molar-refractivity contribution in [1.82, 2.24) is 10.2 Å². The normalized spacial score (nSPS) is 22.4. The van der Waals surface area contributed by atoms with E-state index in [1.807, 2.05) is 19.1 Å². The summed E-state index contributed by atoms with van der Waals surface area (Å²) in [6, 6.07) is 4.29. The fraction of sp³-hybridized carbons (Fsp3) is 0.600. The van der Waals surface area contributed by atoms with Gasteiger partial charge in [-0.1, -0.05) is 0 Å². The van der Waals surface area contributed by atoms with E-state index < -0.39 is 0 Å². The van der Waals surface area contributed by atoms with Crippen molar-refractivity contribution in [2.75, 3.05) is 18.0 Å². The van der Waals surface area contributed by atoms with E-state index in [0.717, 1.165) is 37.4 Å². The van der Waals surface area contributed by atoms with Gasteiger partial charge in [0.15, 0.2) is 5.82 Å². The van der Waals surface area contributed by atoms with Crippen LogP contribution in [-0.4, -0.2) is 29.3 Å². The maximum Gasteiger partial charge on any atom is 0.151 e. The van der Waals surface area contributed by atoms with Gasteiger partial charge in [0.05, 0.1) is 5.69 Å². The third-order valence-corrected chi connectivity index (χ3v) is 2.57. The van der Waals surface area contributed by atoms with Gasteiger partial charge in [0, 0.05) is 19.1 Å². The Kier molecular flexibility index (Phi) is 2.63. The van der Waals surface area contributed by atoms with E-state index in [-0.39, 0.29) is 6.04 Å². The lowest BCUT2D eigenvalue weighted by Gasteiger charge is -2.31. The quantitative estimate of drug-likeness (QED) is 0.712. The molecule has 1 aromatic heterocycles. The predicted octanol–water partition coefficient (Wildman–Crippen LogP) is 0.713. The van der Waals surface area contributed by atoms with Gasteiger partial charge in [0.2, 0.25) is 0 Å². The molecule has 0 aromatic carbocycles. The van der Waals surface area contributed by atoms with Gasteiger partial charge in [-0.05, 0) is 31.9 Å². The zero-order valence-corrected chi connectivity index (χ0v) is 8.48. The van der Waals surface area contributed by atoms with Crippen molar-refractivity contribution in [2.45, 2.75) is 25.8 Å². The summed E-state index contributed by atoms with van der Waals surface area (Å²) in [4.78, 5) is 2.21. The van der Waals surface area contributed by atoms with E-state index in [9.17, 15) is 0 Å². The summed E-state index contributed by atoms with van der Waals surface area (Å²) in [6.45, 7) is 3.89. The average molecular weight is 192 g/mol. The zero-order valence-electron chi connectivity index (χ0n) is 8.48. The average Bonchev–Trinajstić information content (AvgIpc) is 2.19. The van der Waals surface area contributed by atoms with Crippen LogP contribution < -0.4 is 10.6 Å². The Hall–Kier alpha value is -1.16. The number of nitrogens with zero attached hydrogens (tertiary/aromatic N) is 3. The van der Waals surface area contributed by atoms with Gasteiger partial charge in [-0.25, -0.2) is 0 Å². The molecule has 1 aromatic rings. The Bertz CT molecular complexity index is 295. The molecule has 4 nitrogen and oxygen atoms in total. The standard InChI is InChI=1S/C10H16N4/c1-8-4-5-10(13-12-8)14-6-2-3-9(11)7-14/h4-5,9H,2-3,6-7,11H2,1H3/t9-/m1/s1. The highest BCUT2D eigenvalue weighted by Gasteiger charge is 2.17. The first-order valence-corrected chi connectivity index (χ1v) is 5.06. The van der Waals surface area contributed by atoms with Crippen LogP contribution in [0, 0.1) is 6.92 Å². The van der Waals surface area contributed by atoms with Gasteiger partial charge in [-0.15, -0.1) is 5.10 Å². The summed E-state index contributed by atoms with van der Waals surface area (Å²) in [5.41, 5.74) is 6.86. The second kappa shape index (κ2) is 3.92. The molecule has 0 bridgehead atoms. The number of nitrogens with two attached hydrogens (primary N) is 1. The summed E-state index contributed by atoms with van der Waals surface area (Å²) < 4.78 is 0. The molecule has 4 heteroatoms. The maximum atomic E-state index is 5.90. The van der Waals surface area contributed by atoms with E-state index in [4.69, 9.17) is 5.73 Å². The Morgan fingerprint density at radius 2 is 2.29 bits per heavy atom. The van der Waals surface area contributed by atoms with Gasteiger partial charge in [-0.2, -0.15) is 5.10 Å². The summed E-state index contributed by atoms with van der Waals surface area (Å²) in [7, 11) is 0. The van der Waals surface area contributed by atoms with Crippen molar-refractivity contribution in [3.63, 3.8) is 0 Å². The second-order valence-corrected chi connectivity index (χ2v) is 3.88. The van der Waals surface area contributed by atoms with Crippen molar-refractivity contribution in [2.24, 2.45) is 5.73 Å². The Labute approximate surface area is 84.1 Å². The largest absolute Gasteiger partial charge is 0.354 e. The summed E-state index contributed by atoms with van der Waals surface area (Å²) in [5.74, 6) is 0.950. The van der Waals surface area contributed by atoms with E-state index in [0.29, 0.717) is 0 Å². The van der Waals surface area contributed by atoms with Gasteiger partial charge >= 0.3 is 0 Å². The van der Waals surface area contributed by atoms with Gasteiger partial charge < -0.3 is 10.6 Å². The van der Waals surface area contributed by atoms with Gasteiger partial charge in [0.1, 0.15) is 0 Å². The highest BCUT2D eigenvalue weighted by Crippen LogP contribution is 2.15. The first kappa shape index (κ1) is 9.40. The van der Waals surface area contributed by atoms with E-state index in [2.05, 4.69) is 15.1 Å². The second-order valence-electron chi connectivity index (χ2n) is 3.88. The predicted molar refractivity (Wildman–Crippen MR) is 56.2 cm³/mol. The molecule has 0 radical (unpaired) electrons. The number of piperidine rings is 1. The molecule has 0 aliphatic carbocycles. The van der Waals surface area contributed by atoms with Crippen molar-refractivity contribution in [3.05, 3.63) is 17.8 Å². The molecule has 0 saturated carbocycles. The molecule has 0 spiro atoms. The molecule has 2 rings (SSSR count). The minimum Gasteiger partial charge on any atom is -0.354 e. The molecule has 2 heterocycles. The van der Waals surface area contributed by atoms with E-state index in [1.165, 1.54) is 0 Å². The van der Waals surface area contributed by atoms with Crippen LogP contribution in [0.15, 0.2) is 12.1 Å². The summed E-state index contributed by atoms with van der Waals surface area (Å²) in [5, 5.41) is 8.20. The highest BCUT2D eigenvalue weighted by molar-refractivity contribution is 5.37. The number of hydrogen-bond acceptors (Lipinski definition) is 4. The first-order valence-electron chi connectivity index (χ1n) is 5.06. The minimum atomic E-state index is 0.284. The molecular weight excluding hydrogens is 176 g/mol. The fourth-order valence-corrected chi connectivity index (χ4v) is 1.78. The number of aryl methyl sites for hydroxylation is 1. The molecule has 0 unspecified atom stereocenters. The third-order valence-electron chi connectivity index (χ3n) is 2.57. The molecule has 14 heavy (non-hydrogen) atoms. The lowest BCUT2D eigenvalue weighted by molar-refractivity contribution is 0.502. The molecule has 2 N–H and O–H groups in total. The van der Waals surface area contributed by atoms with Crippen molar-refractivity contribution < 1.29 is 0 Å². The molecular formula is C10H16N4. The van der Waals surface area contributed by atoms with E-state index >= 15 is 0 Å². The molecule has 1 aliphatic heterocycles. The van der Waals surface area contributed by atoms with E-state index in [1.54, 1.807) is 0 Å². The molecule has 1 aliphatic rings. The Balaban J connectivity index is 2.10. The SMILES string of the molecule is Cc1ccc(N2CCC[C@@H](N)C2)nn1. The first-order chi connectivity index (χ1) is 6.75. The van der Waals surface area contributed by atoms with Crippen LogP contribution in [0.25, 0.3) is 0 Å². The molecule has 76 valence electrons.